The Morgan fingerprint density at radius 1 is 1.10 bits per heavy atom. The van der Waals surface area contributed by atoms with E-state index < -0.39 is 11.6 Å². The van der Waals surface area contributed by atoms with Crippen molar-refractivity contribution in [2.75, 3.05) is 6.54 Å². The fourth-order valence-electron chi connectivity index (χ4n) is 3.32. The number of aryl methyl sites for hydroxylation is 1. The average molecular weight is 387 g/mol. The molecule has 0 saturated carbocycles. The van der Waals surface area contributed by atoms with Gasteiger partial charge in [-0.2, -0.15) is 4.98 Å². The van der Waals surface area contributed by atoms with Crippen molar-refractivity contribution in [3.8, 4) is 16.9 Å². The Bertz CT molecular complexity index is 1240. The lowest BCUT2D eigenvalue weighted by Crippen LogP contribution is -2.20. The normalized spacial score (nSPS) is 11.1. The SMILES string of the molecule is NCCCc1cccc(-c2cc3cn(-c4ccc(C(N)=O)cc4)c(=O)nc3[nH]2)c1. The Morgan fingerprint density at radius 3 is 2.62 bits per heavy atom. The second-order valence-corrected chi connectivity index (χ2v) is 6.88. The summed E-state index contributed by atoms with van der Waals surface area (Å²) >= 11 is 0. The summed E-state index contributed by atoms with van der Waals surface area (Å²) in [7, 11) is 0. The van der Waals surface area contributed by atoms with Crippen molar-refractivity contribution in [2.24, 2.45) is 11.5 Å². The van der Waals surface area contributed by atoms with Crippen LogP contribution in [0.25, 0.3) is 28.0 Å². The van der Waals surface area contributed by atoms with Crippen molar-refractivity contribution < 1.29 is 4.79 Å². The van der Waals surface area contributed by atoms with Crippen molar-refractivity contribution in [1.29, 1.82) is 0 Å². The van der Waals surface area contributed by atoms with Crippen molar-refractivity contribution >= 4 is 16.9 Å². The number of aromatic nitrogens is 3. The molecule has 1 amide bonds. The van der Waals surface area contributed by atoms with Crippen LogP contribution in [0.3, 0.4) is 0 Å². The number of carbonyl (C=O) groups is 1. The van der Waals surface area contributed by atoms with Crippen LogP contribution in [0, 0.1) is 0 Å². The van der Waals surface area contributed by atoms with Gasteiger partial charge >= 0.3 is 5.69 Å². The Labute approximate surface area is 167 Å². The molecule has 146 valence electrons. The minimum atomic E-state index is -0.513. The molecule has 7 heteroatoms. The van der Waals surface area contributed by atoms with Crippen LogP contribution < -0.4 is 17.2 Å². The van der Waals surface area contributed by atoms with Crippen molar-refractivity contribution in [2.45, 2.75) is 12.8 Å². The summed E-state index contributed by atoms with van der Waals surface area (Å²) in [4.78, 5) is 31.1. The Morgan fingerprint density at radius 2 is 1.90 bits per heavy atom. The van der Waals surface area contributed by atoms with Crippen LogP contribution in [0.15, 0.2) is 65.6 Å². The largest absolute Gasteiger partial charge is 0.366 e. The molecule has 2 aromatic heterocycles. The summed E-state index contributed by atoms with van der Waals surface area (Å²) < 4.78 is 1.45. The van der Waals surface area contributed by atoms with E-state index in [0.717, 1.165) is 29.5 Å². The Hall–Kier alpha value is -3.71. The van der Waals surface area contributed by atoms with Crippen LogP contribution >= 0.6 is 0 Å². The number of fused-ring (bicyclic) bond motifs is 1. The zero-order chi connectivity index (χ0) is 20.4. The van der Waals surface area contributed by atoms with Gasteiger partial charge in [0.15, 0.2) is 0 Å². The van der Waals surface area contributed by atoms with E-state index in [-0.39, 0.29) is 0 Å². The van der Waals surface area contributed by atoms with Gasteiger partial charge in [-0.15, -0.1) is 0 Å². The maximum Gasteiger partial charge on any atom is 0.354 e. The Balaban J connectivity index is 1.72. The summed E-state index contributed by atoms with van der Waals surface area (Å²) in [6, 6.07) is 16.7. The van der Waals surface area contributed by atoms with Gasteiger partial charge in [-0.3, -0.25) is 9.36 Å². The molecule has 2 heterocycles. The van der Waals surface area contributed by atoms with Crippen LogP contribution in [-0.4, -0.2) is 27.0 Å². The summed E-state index contributed by atoms with van der Waals surface area (Å²) in [5.74, 6) is -0.513. The molecule has 0 radical (unpaired) electrons. The zero-order valence-corrected chi connectivity index (χ0v) is 15.8. The number of nitrogens with one attached hydrogen (secondary N) is 1. The summed E-state index contributed by atoms with van der Waals surface area (Å²) in [6.45, 7) is 0.660. The standard InChI is InChI=1S/C22H21N5O2/c23-10-2-4-14-3-1-5-16(11-14)19-12-17-13-27(22(29)26-21(17)25-19)18-8-6-15(7-9-18)20(24)28/h1,3,5-9,11-13H,2,4,10,23H2,(H2,24,28)(H,25,26,29). The number of hydrogen-bond donors (Lipinski definition) is 3. The lowest BCUT2D eigenvalue weighted by molar-refractivity contribution is 0.100. The fraction of sp³-hybridized carbons (Fsp3) is 0.136. The van der Waals surface area contributed by atoms with Gasteiger partial charge in [-0.1, -0.05) is 18.2 Å². The first-order valence-electron chi connectivity index (χ1n) is 9.37. The molecular weight excluding hydrogens is 366 g/mol. The first kappa shape index (κ1) is 18.6. The maximum atomic E-state index is 12.5. The number of carbonyl (C=O) groups excluding carboxylic acids is 1. The van der Waals surface area contributed by atoms with Crippen LogP contribution in [0.4, 0.5) is 0 Å². The van der Waals surface area contributed by atoms with Gasteiger partial charge in [0, 0.05) is 22.8 Å². The molecule has 0 saturated heterocycles. The number of amides is 1. The van der Waals surface area contributed by atoms with Gasteiger partial charge in [0.1, 0.15) is 5.65 Å². The minimum absolute atomic E-state index is 0.384. The number of primary amides is 1. The van der Waals surface area contributed by atoms with E-state index in [0.29, 0.717) is 23.4 Å². The smallest absolute Gasteiger partial charge is 0.354 e. The molecule has 0 unspecified atom stereocenters. The van der Waals surface area contributed by atoms with Crippen molar-refractivity contribution in [1.82, 2.24) is 14.5 Å². The maximum absolute atomic E-state index is 12.5. The molecule has 0 atom stereocenters. The van der Waals surface area contributed by atoms with E-state index in [1.807, 2.05) is 18.2 Å². The number of benzene rings is 2. The molecule has 0 aliphatic heterocycles. The highest BCUT2D eigenvalue weighted by Crippen LogP contribution is 2.24. The molecule has 7 nitrogen and oxygen atoms in total. The molecule has 4 aromatic rings. The van der Waals surface area contributed by atoms with Gasteiger partial charge in [0.2, 0.25) is 5.91 Å². The van der Waals surface area contributed by atoms with Crippen LogP contribution in [0.1, 0.15) is 22.3 Å². The molecule has 0 aliphatic carbocycles. The van der Waals surface area contributed by atoms with Crippen LogP contribution in [0.2, 0.25) is 0 Å². The van der Waals surface area contributed by atoms with Gasteiger partial charge in [-0.05, 0) is 66.9 Å². The molecule has 2 aromatic carbocycles. The zero-order valence-electron chi connectivity index (χ0n) is 15.8. The van der Waals surface area contributed by atoms with E-state index in [9.17, 15) is 9.59 Å². The minimum Gasteiger partial charge on any atom is -0.366 e. The van der Waals surface area contributed by atoms with E-state index in [2.05, 4.69) is 22.1 Å². The predicted octanol–water partition coefficient (Wildman–Crippen LogP) is 2.37. The molecule has 0 aliphatic rings. The first-order chi connectivity index (χ1) is 14.0. The van der Waals surface area contributed by atoms with Crippen LogP contribution in [0.5, 0.6) is 0 Å². The number of rotatable bonds is 6. The second-order valence-electron chi connectivity index (χ2n) is 6.88. The third-order valence-electron chi connectivity index (χ3n) is 4.85. The van der Waals surface area contributed by atoms with E-state index in [1.165, 1.54) is 10.1 Å². The molecule has 0 fully saturated rings. The monoisotopic (exact) mass is 387 g/mol. The molecule has 0 bridgehead atoms. The highest BCUT2D eigenvalue weighted by atomic mass is 16.1. The highest BCUT2D eigenvalue weighted by molar-refractivity contribution is 5.92. The number of nitrogens with zero attached hydrogens (tertiary/aromatic N) is 2. The Kier molecular flexibility index (Phi) is 4.97. The molecule has 0 spiro atoms. The van der Waals surface area contributed by atoms with Gasteiger partial charge in [0.05, 0.1) is 5.69 Å². The summed E-state index contributed by atoms with van der Waals surface area (Å²) in [5, 5.41) is 0.811. The highest BCUT2D eigenvalue weighted by Gasteiger charge is 2.10. The summed E-state index contributed by atoms with van der Waals surface area (Å²) in [5.41, 5.74) is 15.1. The van der Waals surface area contributed by atoms with Gasteiger partial charge < -0.3 is 16.5 Å². The average Bonchev–Trinajstić information content (AvgIpc) is 3.15. The van der Waals surface area contributed by atoms with E-state index in [4.69, 9.17) is 11.5 Å². The summed E-state index contributed by atoms with van der Waals surface area (Å²) in [6.07, 6.45) is 3.60. The fourth-order valence-corrected chi connectivity index (χ4v) is 3.32. The van der Waals surface area contributed by atoms with Crippen LogP contribution in [-0.2, 0) is 6.42 Å². The van der Waals surface area contributed by atoms with Crippen molar-refractivity contribution in [3.05, 3.63) is 82.4 Å². The third kappa shape index (κ3) is 3.81. The third-order valence-corrected chi connectivity index (χ3v) is 4.85. The van der Waals surface area contributed by atoms with E-state index >= 15 is 0 Å². The van der Waals surface area contributed by atoms with Gasteiger partial charge in [-0.25, -0.2) is 4.79 Å². The number of aromatic amines is 1. The second kappa shape index (κ2) is 7.73. The van der Waals surface area contributed by atoms with Gasteiger partial charge in [0.25, 0.3) is 0 Å². The lowest BCUT2D eigenvalue weighted by atomic mass is 10.0. The number of hydrogen-bond acceptors (Lipinski definition) is 4. The molecule has 4 rings (SSSR count). The molecule has 29 heavy (non-hydrogen) atoms. The quantitative estimate of drug-likeness (QED) is 0.470. The number of H-pyrrole nitrogens is 1. The molecule has 5 N–H and O–H groups in total. The number of nitrogens with two attached hydrogens (primary N) is 2. The lowest BCUT2D eigenvalue weighted by Gasteiger charge is -2.05. The topological polar surface area (TPSA) is 120 Å². The molecular formula is C22H21N5O2. The predicted molar refractivity (Wildman–Crippen MR) is 113 cm³/mol. The van der Waals surface area contributed by atoms with E-state index in [1.54, 1.807) is 30.5 Å². The first-order valence-corrected chi connectivity index (χ1v) is 9.37. The van der Waals surface area contributed by atoms with Crippen molar-refractivity contribution in [3.63, 3.8) is 0 Å².